The average molecular weight is 380 g/mol. The second-order valence-electron chi connectivity index (χ2n) is 8.19. The highest BCUT2D eigenvalue weighted by atomic mass is 35.5. The summed E-state index contributed by atoms with van der Waals surface area (Å²) >= 11 is 6.39. The average Bonchev–Trinajstić information content (AvgIpc) is 3.01. The molecule has 1 fully saturated rings. The summed E-state index contributed by atoms with van der Waals surface area (Å²) in [6.45, 7) is 2.14. The number of hydrogen-bond donors (Lipinski definition) is 0. The van der Waals surface area contributed by atoms with Crippen molar-refractivity contribution in [3.05, 3.63) is 64.6 Å². The maximum atomic E-state index is 6.39. The number of benzene rings is 1. The van der Waals surface area contributed by atoms with Crippen LogP contribution in [-0.2, 0) is 13.0 Å². The normalized spacial score (nSPS) is 23.5. The Bertz CT molecular complexity index is 963. The van der Waals surface area contributed by atoms with Gasteiger partial charge in [0.2, 0.25) is 0 Å². The van der Waals surface area contributed by atoms with E-state index in [2.05, 4.69) is 58.0 Å². The molecule has 3 nitrogen and oxygen atoms in total. The third-order valence-corrected chi connectivity index (χ3v) is 6.75. The Hall–Kier alpha value is -1.84. The van der Waals surface area contributed by atoms with Crippen LogP contribution in [-0.4, -0.2) is 28.0 Å². The first kappa shape index (κ1) is 17.3. The molecule has 0 radical (unpaired) electrons. The molecule has 0 spiro atoms. The van der Waals surface area contributed by atoms with E-state index in [9.17, 15) is 0 Å². The van der Waals surface area contributed by atoms with Crippen LogP contribution in [0.4, 0.5) is 0 Å². The van der Waals surface area contributed by atoms with Crippen molar-refractivity contribution in [2.45, 2.75) is 50.6 Å². The molecule has 3 aromatic rings. The van der Waals surface area contributed by atoms with E-state index < -0.39 is 0 Å². The molecular formula is C23H26ClN3. The molecular weight excluding hydrogens is 354 g/mol. The molecule has 0 saturated heterocycles. The van der Waals surface area contributed by atoms with Gasteiger partial charge in [-0.3, -0.25) is 4.98 Å². The number of aromatic nitrogens is 2. The highest BCUT2D eigenvalue weighted by Gasteiger charge is 2.33. The van der Waals surface area contributed by atoms with E-state index in [4.69, 9.17) is 11.6 Å². The van der Waals surface area contributed by atoms with Crippen LogP contribution in [0.5, 0.6) is 0 Å². The van der Waals surface area contributed by atoms with E-state index in [1.807, 2.05) is 6.20 Å². The number of fused-ring (bicyclic) bond motifs is 3. The lowest BCUT2D eigenvalue weighted by molar-refractivity contribution is 0.281. The molecule has 1 saturated carbocycles. The van der Waals surface area contributed by atoms with Gasteiger partial charge in [-0.15, -0.1) is 0 Å². The van der Waals surface area contributed by atoms with Gasteiger partial charge in [0, 0.05) is 65.5 Å². The number of halogens is 1. The number of hydrogen-bond acceptors (Lipinski definition) is 2. The molecule has 4 heteroatoms. The van der Waals surface area contributed by atoms with Crippen LogP contribution in [0, 0.1) is 0 Å². The zero-order chi connectivity index (χ0) is 18.4. The summed E-state index contributed by atoms with van der Waals surface area (Å²) in [5, 5.41) is 2.18. The Morgan fingerprint density at radius 1 is 1.15 bits per heavy atom. The third-order valence-electron chi connectivity index (χ3n) is 6.51. The molecule has 1 aliphatic heterocycles. The zero-order valence-corrected chi connectivity index (χ0v) is 16.6. The second kappa shape index (κ2) is 6.96. The summed E-state index contributed by atoms with van der Waals surface area (Å²) in [6.07, 6.45) is 10.2. The van der Waals surface area contributed by atoms with Crippen LogP contribution >= 0.6 is 11.6 Å². The second-order valence-corrected chi connectivity index (χ2v) is 8.63. The molecule has 2 atom stereocenters. The van der Waals surface area contributed by atoms with Crippen LogP contribution in [0.15, 0.2) is 42.7 Å². The fourth-order valence-corrected chi connectivity index (χ4v) is 5.46. The minimum atomic E-state index is 0.513. The molecule has 0 amide bonds. The minimum absolute atomic E-state index is 0.513. The highest BCUT2D eigenvalue weighted by molar-refractivity contribution is 6.31. The summed E-state index contributed by atoms with van der Waals surface area (Å²) in [5.41, 5.74) is 5.77. The van der Waals surface area contributed by atoms with Gasteiger partial charge >= 0.3 is 0 Å². The van der Waals surface area contributed by atoms with Crippen molar-refractivity contribution in [2.75, 3.05) is 13.6 Å². The Morgan fingerprint density at radius 3 is 2.89 bits per heavy atom. The largest absolute Gasteiger partial charge is 0.341 e. The molecule has 0 bridgehead atoms. The lowest BCUT2D eigenvalue weighted by atomic mass is 9.80. The van der Waals surface area contributed by atoms with Crippen molar-refractivity contribution in [3.63, 3.8) is 0 Å². The fourth-order valence-electron chi connectivity index (χ4n) is 5.28. The van der Waals surface area contributed by atoms with Crippen molar-refractivity contribution >= 4 is 22.5 Å². The number of nitrogens with zero attached hydrogens (tertiary/aromatic N) is 3. The molecule has 2 aromatic heterocycles. The molecule has 140 valence electrons. The molecule has 2 aliphatic rings. The van der Waals surface area contributed by atoms with E-state index >= 15 is 0 Å². The number of rotatable bonds is 2. The smallest absolute Gasteiger partial charge is 0.0489 e. The van der Waals surface area contributed by atoms with E-state index in [0.717, 1.165) is 24.5 Å². The zero-order valence-electron chi connectivity index (χ0n) is 15.9. The van der Waals surface area contributed by atoms with Gasteiger partial charge in [-0.05, 0) is 55.3 Å². The fraction of sp³-hybridized carbons (Fsp3) is 0.435. The standard InChI is InChI=1S/C23H26ClN3/c1-26-12-10-23-20(15-26)19-13-17(24)8-9-22(19)27(23)21-7-3-2-6-18(21)16-5-4-11-25-14-16/h4-5,8-9,11,13-14,18,21H,2-3,6-7,10,12,15H2,1H3. The van der Waals surface area contributed by atoms with Gasteiger partial charge in [0.15, 0.2) is 0 Å². The summed E-state index contributed by atoms with van der Waals surface area (Å²) in [6, 6.07) is 11.3. The summed E-state index contributed by atoms with van der Waals surface area (Å²) in [4.78, 5) is 6.84. The molecule has 5 rings (SSSR count). The molecule has 27 heavy (non-hydrogen) atoms. The summed E-state index contributed by atoms with van der Waals surface area (Å²) in [5.74, 6) is 0.544. The van der Waals surface area contributed by atoms with E-state index in [1.54, 1.807) is 0 Å². The first-order valence-corrected chi connectivity index (χ1v) is 10.5. The van der Waals surface area contributed by atoms with Crippen molar-refractivity contribution in [3.8, 4) is 0 Å². The van der Waals surface area contributed by atoms with Gasteiger partial charge in [-0.25, -0.2) is 0 Å². The maximum Gasteiger partial charge on any atom is 0.0489 e. The van der Waals surface area contributed by atoms with Crippen LogP contribution < -0.4 is 0 Å². The van der Waals surface area contributed by atoms with Crippen molar-refractivity contribution in [1.82, 2.24) is 14.5 Å². The summed E-state index contributed by atoms with van der Waals surface area (Å²) in [7, 11) is 2.22. The van der Waals surface area contributed by atoms with E-state index in [1.165, 1.54) is 53.4 Å². The topological polar surface area (TPSA) is 21.1 Å². The van der Waals surface area contributed by atoms with Crippen molar-refractivity contribution in [2.24, 2.45) is 0 Å². The monoisotopic (exact) mass is 379 g/mol. The van der Waals surface area contributed by atoms with E-state index in [-0.39, 0.29) is 0 Å². The number of likely N-dealkylation sites (N-methyl/N-ethyl adjacent to an activating group) is 1. The third kappa shape index (κ3) is 2.97. The van der Waals surface area contributed by atoms with Gasteiger partial charge in [0.25, 0.3) is 0 Å². The van der Waals surface area contributed by atoms with Crippen LogP contribution in [0.2, 0.25) is 5.02 Å². The highest BCUT2D eigenvalue weighted by Crippen LogP contribution is 2.45. The Kier molecular flexibility index (Phi) is 4.45. The Morgan fingerprint density at radius 2 is 2.04 bits per heavy atom. The Balaban J connectivity index is 1.69. The number of pyridine rings is 1. The van der Waals surface area contributed by atoms with Gasteiger partial charge in [-0.2, -0.15) is 0 Å². The van der Waals surface area contributed by atoms with Crippen LogP contribution in [0.25, 0.3) is 10.9 Å². The quantitative estimate of drug-likeness (QED) is 0.579. The van der Waals surface area contributed by atoms with Gasteiger partial charge in [-0.1, -0.05) is 30.5 Å². The maximum absolute atomic E-state index is 6.39. The molecule has 2 unspecified atom stereocenters. The van der Waals surface area contributed by atoms with Crippen molar-refractivity contribution < 1.29 is 0 Å². The van der Waals surface area contributed by atoms with Gasteiger partial charge < -0.3 is 9.47 Å². The van der Waals surface area contributed by atoms with Gasteiger partial charge in [0.1, 0.15) is 0 Å². The predicted molar refractivity (Wildman–Crippen MR) is 111 cm³/mol. The lowest BCUT2D eigenvalue weighted by Gasteiger charge is -2.36. The van der Waals surface area contributed by atoms with Crippen LogP contribution in [0.3, 0.4) is 0 Å². The minimum Gasteiger partial charge on any atom is -0.341 e. The lowest BCUT2D eigenvalue weighted by Crippen LogP contribution is -2.30. The first-order valence-electron chi connectivity index (χ1n) is 10.1. The van der Waals surface area contributed by atoms with Gasteiger partial charge in [0.05, 0.1) is 0 Å². The SMILES string of the molecule is CN1CCc2c(c3cc(Cl)ccc3n2C2CCCCC2c2cccnc2)C1. The first-order chi connectivity index (χ1) is 13.2. The molecule has 0 N–H and O–H groups in total. The summed E-state index contributed by atoms with van der Waals surface area (Å²) < 4.78 is 2.69. The molecule has 3 heterocycles. The molecule has 1 aromatic carbocycles. The predicted octanol–water partition coefficient (Wildman–Crippen LogP) is 5.58. The van der Waals surface area contributed by atoms with E-state index in [0.29, 0.717) is 12.0 Å². The Labute approximate surface area is 166 Å². The van der Waals surface area contributed by atoms with Crippen molar-refractivity contribution in [1.29, 1.82) is 0 Å². The van der Waals surface area contributed by atoms with Crippen LogP contribution in [0.1, 0.15) is 54.5 Å². The molecule has 1 aliphatic carbocycles.